The van der Waals surface area contributed by atoms with Gasteiger partial charge in [0, 0.05) is 19.2 Å². The Kier molecular flexibility index (Phi) is 7.16. The summed E-state index contributed by atoms with van der Waals surface area (Å²) in [5.41, 5.74) is 1.49. The van der Waals surface area contributed by atoms with E-state index in [1.165, 1.54) is 0 Å². The molecule has 2 rings (SSSR count). The van der Waals surface area contributed by atoms with Crippen LogP contribution in [0.5, 0.6) is 11.5 Å². The molecule has 1 aromatic carbocycles. The zero-order valence-electron chi connectivity index (χ0n) is 14.2. The smallest absolute Gasteiger partial charge is 0.170 e. The molecule has 2 aromatic rings. The molecule has 6 nitrogen and oxygen atoms in total. The molecule has 0 saturated heterocycles. The highest BCUT2D eigenvalue weighted by Crippen LogP contribution is 2.29. The number of nitrogens with one attached hydrogen (secondary N) is 2. The van der Waals surface area contributed by atoms with E-state index in [0.717, 1.165) is 17.8 Å². The molecule has 1 heterocycles. The lowest BCUT2D eigenvalue weighted by Gasteiger charge is -2.14. The Morgan fingerprint density at radius 3 is 2.64 bits per heavy atom. The minimum atomic E-state index is 0.461. The molecule has 0 radical (unpaired) electrons. The van der Waals surface area contributed by atoms with Gasteiger partial charge in [-0.2, -0.15) is 5.10 Å². The van der Waals surface area contributed by atoms with E-state index < -0.39 is 0 Å². The molecular formula is C16H20Cl2N4O2S. The first kappa shape index (κ1) is 19.6. The SMILES string of the molecule is COc1ccc(NC(=S)NCCCn2nc(C)c(Cl)c2Cl)c(OC)c1. The fourth-order valence-corrected chi connectivity index (χ4v) is 2.79. The Morgan fingerprint density at radius 2 is 2.04 bits per heavy atom. The molecule has 25 heavy (non-hydrogen) atoms. The van der Waals surface area contributed by atoms with E-state index in [0.29, 0.717) is 39.9 Å². The molecule has 0 bridgehead atoms. The molecule has 0 amide bonds. The Balaban J connectivity index is 1.82. The van der Waals surface area contributed by atoms with Gasteiger partial charge in [-0.1, -0.05) is 23.2 Å². The number of halogens is 2. The maximum Gasteiger partial charge on any atom is 0.170 e. The molecule has 0 aliphatic carbocycles. The first-order chi connectivity index (χ1) is 12.0. The maximum absolute atomic E-state index is 6.11. The van der Waals surface area contributed by atoms with Gasteiger partial charge < -0.3 is 20.1 Å². The second-order valence-corrected chi connectivity index (χ2v) is 6.36. The van der Waals surface area contributed by atoms with Crippen LogP contribution in [0.2, 0.25) is 10.2 Å². The number of anilines is 1. The number of rotatable bonds is 7. The van der Waals surface area contributed by atoms with Crippen molar-refractivity contribution in [2.75, 3.05) is 26.1 Å². The first-order valence-electron chi connectivity index (χ1n) is 7.61. The Bertz CT molecular complexity index is 752. The summed E-state index contributed by atoms with van der Waals surface area (Å²) in [6, 6.07) is 5.47. The lowest BCUT2D eigenvalue weighted by Crippen LogP contribution is -2.30. The lowest BCUT2D eigenvalue weighted by atomic mass is 10.2. The number of aromatic nitrogens is 2. The van der Waals surface area contributed by atoms with Crippen LogP contribution in [0.15, 0.2) is 18.2 Å². The molecule has 0 saturated carbocycles. The van der Waals surface area contributed by atoms with E-state index in [2.05, 4.69) is 15.7 Å². The largest absolute Gasteiger partial charge is 0.497 e. The van der Waals surface area contributed by atoms with Crippen LogP contribution in [0.1, 0.15) is 12.1 Å². The third-order valence-corrected chi connectivity index (χ3v) is 4.66. The predicted octanol–water partition coefficient (Wildman–Crippen LogP) is 3.89. The van der Waals surface area contributed by atoms with Crippen LogP contribution in [0.3, 0.4) is 0 Å². The van der Waals surface area contributed by atoms with E-state index in [1.807, 2.05) is 19.1 Å². The van der Waals surface area contributed by atoms with Gasteiger partial charge in [0.1, 0.15) is 21.7 Å². The van der Waals surface area contributed by atoms with E-state index in [4.69, 9.17) is 44.9 Å². The van der Waals surface area contributed by atoms with Gasteiger partial charge in [-0.3, -0.25) is 4.68 Å². The summed E-state index contributed by atoms with van der Waals surface area (Å²) >= 11 is 17.4. The van der Waals surface area contributed by atoms with Gasteiger partial charge in [0.15, 0.2) is 5.11 Å². The molecule has 0 unspecified atom stereocenters. The van der Waals surface area contributed by atoms with Crippen molar-refractivity contribution in [1.29, 1.82) is 0 Å². The summed E-state index contributed by atoms with van der Waals surface area (Å²) in [6.07, 6.45) is 0.790. The van der Waals surface area contributed by atoms with E-state index >= 15 is 0 Å². The summed E-state index contributed by atoms with van der Waals surface area (Å²) in [4.78, 5) is 0. The van der Waals surface area contributed by atoms with Gasteiger partial charge in [-0.15, -0.1) is 0 Å². The average Bonchev–Trinajstić information content (AvgIpc) is 2.86. The quantitative estimate of drug-likeness (QED) is 0.540. The molecule has 0 spiro atoms. The van der Waals surface area contributed by atoms with Crippen molar-refractivity contribution < 1.29 is 9.47 Å². The molecule has 136 valence electrons. The molecule has 0 fully saturated rings. The Morgan fingerprint density at radius 1 is 1.28 bits per heavy atom. The number of benzene rings is 1. The van der Waals surface area contributed by atoms with Crippen LogP contribution in [0, 0.1) is 6.92 Å². The highest BCUT2D eigenvalue weighted by atomic mass is 35.5. The van der Waals surface area contributed by atoms with E-state index in [1.54, 1.807) is 25.0 Å². The van der Waals surface area contributed by atoms with Crippen LogP contribution in [-0.2, 0) is 6.54 Å². The summed E-state index contributed by atoms with van der Waals surface area (Å²) in [7, 11) is 3.20. The predicted molar refractivity (Wildman–Crippen MR) is 105 cm³/mol. The number of thiocarbonyl (C=S) groups is 1. The number of nitrogens with zero attached hydrogens (tertiary/aromatic N) is 2. The fraction of sp³-hybridized carbons (Fsp3) is 0.375. The molecule has 9 heteroatoms. The topological polar surface area (TPSA) is 60.3 Å². The van der Waals surface area contributed by atoms with Gasteiger partial charge in [0.25, 0.3) is 0 Å². The number of hydrogen-bond acceptors (Lipinski definition) is 4. The maximum atomic E-state index is 6.11. The van der Waals surface area contributed by atoms with E-state index in [-0.39, 0.29) is 0 Å². The van der Waals surface area contributed by atoms with Crippen LogP contribution in [-0.4, -0.2) is 35.7 Å². The number of methoxy groups -OCH3 is 2. The number of hydrogen-bond donors (Lipinski definition) is 2. The normalized spacial score (nSPS) is 10.4. The lowest BCUT2D eigenvalue weighted by molar-refractivity contribution is 0.395. The fourth-order valence-electron chi connectivity index (χ4n) is 2.18. The zero-order chi connectivity index (χ0) is 18.4. The monoisotopic (exact) mass is 402 g/mol. The Hall–Kier alpha value is -1.70. The molecule has 0 aliphatic heterocycles. The van der Waals surface area contributed by atoms with Gasteiger partial charge in [0.05, 0.1) is 25.6 Å². The van der Waals surface area contributed by atoms with Crippen LogP contribution in [0.4, 0.5) is 5.69 Å². The van der Waals surface area contributed by atoms with Gasteiger partial charge >= 0.3 is 0 Å². The van der Waals surface area contributed by atoms with Crippen LogP contribution < -0.4 is 20.1 Å². The Labute approximate surface area is 162 Å². The minimum absolute atomic E-state index is 0.461. The number of aryl methyl sites for hydroxylation is 2. The number of ether oxygens (including phenoxy) is 2. The van der Waals surface area contributed by atoms with Gasteiger partial charge in [-0.25, -0.2) is 0 Å². The summed E-state index contributed by atoms with van der Waals surface area (Å²) < 4.78 is 12.2. The third kappa shape index (κ3) is 5.14. The highest BCUT2D eigenvalue weighted by molar-refractivity contribution is 7.80. The highest BCUT2D eigenvalue weighted by Gasteiger charge is 2.10. The minimum Gasteiger partial charge on any atom is -0.497 e. The molecule has 2 N–H and O–H groups in total. The van der Waals surface area contributed by atoms with Crippen molar-refractivity contribution in [3.05, 3.63) is 34.1 Å². The molecular weight excluding hydrogens is 383 g/mol. The molecule has 0 aliphatic rings. The zero-order valence-corrected chi connectivity index (χ0v) is 16.6. The van der Waals surface area contributed by atoms with Gasteiger partial charge in [-0.05, 0) is 37.7 Å². The standard InChI is InChI=1S/C16H20Cl2N4O2S/c1-10-14(17)15(18)22(21-10)8-4-7-19-16(25)20-12-6-5-11(23-2)9-13(12)24-3/h5-6,9H,4,7-8H2,1-3H3,(H2,19,20,25). The van der Waals surface area contributed by atoms with Crippen LogP contribution >= 0.6 is 35.4 Å². The third-order valence-electron chi connectivity index (χ3n) is 3.49. The second-order valence-electron chi connectivity index (χ2n) is 5.21. The van der Waals surface area contributed by atoms with Crippen molar-refractivity contribution >= 4 is 46.2 Å². The average molecular weight is 403 g/mol. The first-order valence-corrected chi connectivity index (χ1v) is 8.78. The van der Waals surface area contributed by atoms with Gasteiger partial charge in [0.2, 0.25) is 0 Å². The summed E-state index contributed by atoms with van der Waals surface area (Å²) in [5.74, 6) is 1.36. The van der Waals surface area contributed by atoms with Crippen LogP contribution in [0.25, 0.3) is 0 Å². The van der Waals surface area contributed by atoms with E-state index in [9.17, 15) is 0 Å². The molecule has 1 aromatic heterocycles. The van der Waals surface area contributed by atoms with Crippen molar-refractivity contribution in [3.8, 4) is 11.5 Å². The summed E-state index contributed by atoms with van der Waals surface area (Å²) in [6.45, 7) is 3.13. The van der Waals surface area contributed by atoms with Crippen molar-refractivity contribution in [3.63, 3.8) is 0 Å². The van der Waals surface area contributed by atoms with Crippen molar-refractivity contribution in [2.45, 2.75) is 19.9 Å². The van der Waals surface area contributed by atoms with Crippen molar-refractivity contribution in [1.82, 2.24) is 15.1 Å². The van der Waals surface area contributed by atoms with Crippen molar-refractivity contribution in [2.24, 2.45) is 0 Å². The second kappa shape index (κ2) is 9.12. The molecule has 0 atom stereocenters. The summed E-state index contributed by atoms with van der Waals surface area (Å²) in [5, 5.41) is 12.0.